The fourth-order valence-corrected chi connectivity index (χ4v) is 1.58. The van der Waals surface area contributed by atoms with Crippen LogP contribution in [0.5, 0.6) is 0 Å². The fourth-order valence-electron chi connectivity index (χ4n) is 1.58. The van der Waals surface area contributed by atoms with Crippen molar-refractivity contribution in [1.29, 1.82) is 0 Å². The summed E-state index contributed by atoms with van der Waals surface area (Å²) in [6, 6.07) is 10.2. The first-order valence-electron chi connectivity index (χ1n) is 5.73. The Morgan fingerprint density at radius 3 is 2.56 bits per heavy atom. The maximum Gasteiger partial charge on any atom is 0.246 e. The second-order valence-corrected chi connectivity index (χ2v) is 3.65. The molecular formula is C14H19NO. The van der Waals surface area contributed by atoms with Gasteiger partial charge in [-0.05, 0) is 31.9 Å². The summed E-state index contributed by atoms with van der Waals surface area (Å²) in [6.45, 7) is 5.41. The molecule has 1 amide bonds. The summed E-state index contributed by atoms with van der Waals surface area (Å²) in [5, 5.41) is 0. The number of allylic oxidation sites excluding steroid dienone is 1. The second kappa shape index (κ2) is 6.83. The van der Waals surface area contributed by atoms with Gasteiger partial charge < -0.3 is 4.90 Å². The van der Waals surface area contributed by atoms with E-state index in [9.17, 15) is 4.79 Å². The fraction of sp³-hybridized carbons (Fsp3) is 0.357. The summed E-state index contributed by atoms with van der Waals surface area (Å²) in [4.78, 5) is 13.5. The molecule has 0 radical (unpaired) electrons. The van der Waals surface area contributed by atoms with Gasteiger partial charge >= 0.3 is 0 Å². The highest BCUT2D eigenvalue weighted by Crippen LogP contribution is 2.02. The molecule has 2 heteroatoms. The third kappa shape index (κ3) is 3.89. The zero-order valence-electron chi connectivity index (χ0n) is 10.0. The molecule has 1 aromatic carbocycles. The van der Waals surface area contributed by atoms with Crippen molar-refractivity contribution >= 4 is 5.91 Å². The number of carbonyl (C=O) groups excluding carboxylic acids is 1. The van der Waals surface area contributed by atoms with Gasteiger partial charge in [0, 0.05) is 13.1 Å². The second-order valence-electron chi connectivity index (χ2n) is 3.65. The Morgan fingerprint density at radius 2 is 2.00 bits per heavy atom. The van der Waals surface area contributed by atoms with E-state index in [4.69, 9.17) is 0 Å². The summed E-state index contributed by atoms with van der Waals surface area (Å²) < 4.78 is 0. The van der Waals surface area contributed by atoms with Crippen molar-refractivity contribution < 1.29 is 4.79 Å². The first kappa shape index (κ1) is 12.5. The third-order valence-electron chi connectivity index (χ3n) is 2.52. The Bertz CT molecular complexity index is 343. The van der Waals surface area contributed by atoms with Gasteiger partial charge in [-0.2, -0.15) is 0 Å². The molecule has 86 valence electrons. The topological polar surface area (TPSA) is 20.3 Å². The Balaban J connectivity index is 2.49. The van der Waals surface area contributed by atoms with Crippen molar-refractivity contribution in [3.63, 3.8) is 0 Å². The minimum atomic E-state index is 0.0981. The van der Waals surface area contributed by atoms with Crippen molar-refractivity contribution in [2.24, 2.45) is 0 Å². The quantitative estimate of drug-likeness (QED) is 0.694. The zero-order chi connectivity index (χ0) is 11.8. The highest BCUT2D eigenvalue weighted by Gasteiger charge is 2.07. The smallest absolute Gasteiger partial charge is 0.246 e. The Morgan fingerprint density at radius 1 is 1.31 bits per heavy atom. The highest BCUT2D eigenvalue weighted by molar-refractivity contribution is 5.87. The molecular weight excluding hydrogens is 198 g/mol. The predicted octanol–water partition coefficient (Wildman–Crippen LogP) is 2.65. The molecule has 16 heavy (non-hydrogen) atoms. The van der Waals surface area contributed by atoms with Crippen molar-refractivity contribution in [3.05, 3.63) is 48.0 Å². The third-order valence-corrected chi connectivity index (χ3v) is 2.52. The van der Waals surface area contributed by atoms with E-state index < -0.39 is 0 Å². The number of benzene rings is 1. The van der Waals surface area contributed by atoms with Crippen LogP contribution in [0.4, 0.5) is 0 Å². The van der Waals surface area contributed by atoms with Gasteiger partial charge in [-0.25, -0.2) is 0 Å². The minimum Gasteiger partial charge on any atom is -0.339 e. The lowest BCUT2D eigenvalue weighted by Crippen LogP contribution is -2.31. The van der Waals surface area contributed by atoms with Crippen LogP contribution in [-0.2, 0) is 11.2 Å². The van der Waals surface area contributed by atoms with Crippen LogP contribution in [-0.4, -0.2) is 23.9 Å². The zero-order valence-corrected chi connectivity index (χ0v) is 10.0. The summed E-state index contributed by atoms with van der Waals surface area (Å²) in [6.07, 6.45) is 4.32. The molecule has 0 unspecified atom stereocenters. The minimum absolute atomic E-state index is 0.0981. The van der Waals surface area contributed by atoms with Crippen LogP contribution in [0, 0.1) is 0 Å². The molecule has 0 saturated carbocycles. The molecule has 0 heterocycles. The largest absolute Gasteiger partial charge is 0.339 e. The van der Waals surface area contributed by atoms with E-state index in [-0.39, 0.29) is 5.91 Å². The van der Waals surface area contributed by atoms with Crippen LogP contribution in [0.2, 0.25) is 0 Å². The molecule has 0 N–H and O–H groups in total. The van der Waals surface area contributed by atoms with E-state index in [1.165, 1.54) is 5.56 Å². The van der Waals surface area contributed by atoms with E-state index in [1.807, 2.05) is 36.9 Å². The van der Waals surface area contributed by atoms with Crippen molar-refractivity contribution in [1.82, 2.24) is 4.90 Å². The number of hydrogen-bond donors (Lipinski definition) is 0. The first-order valence-corrected chi connectivity index (χ1v) is 5.73. The number of carbonyl (C=O) groups is 1. The maximum atomic E-state index is 11.6. The standard InChI is InChI=1S/C14H19NO/c1-3-8-14(16)15(4-2)12-11-13-9-6-5-7-10-13/h3,5-10H,4,11-12H2,1-2H3. The van der Waals surface area contributed by atoms with E-state index in [2.05, 4.69) is 12.1 Å². The SMILES string of the molecule is CC=CC(=O)N(CC)CCc1ccccc1. The van der Waals surface area contributed by atoms with E-state index in [1.54, 1.807) is 12.2 Å². The summed E-state index contributed by atoms with van der Waals surface area (Å²) in [5.41, 5.74) is 1.27. The predicted molar refractivity (Wildman–Crippen MR) is 67.2 cm³/mol. The number of nitrogens with zero attached hydrogens (tertiary/aromatic N) is 1. The van der Waals surface area contributed by atoms with Crippen LogP contribution in [0.15, 0.2) is 42.5 Å². The van der Waals surface area contributed by atoms with Crippen LogP contribution in [0.3, 0.4) is 0 Å². The Kier molecular flexibility index (Phi) is 5.34. The van der Waals surface area contributed by atoms with E-state index in [0.717, 1.165) is 19.5 Å². The summed E-state index contributed by atoms with van der Waals surface area (Å²) in [7, 11) is 0. The molecule has 0 aromatic heterocycles. The maximum absolute atomic E-state index is 11.6. The van der Waals surface area contributed by atoms with Crippen LogP contribution < -0.4 is 0 Å². The molecule has 1 rings (SSSR count). The molecule has 2 nitrogen and oxygen atoms in total. The molecule has 0 aliphatic rings. The lowest BCUT2D eigenvalue weighted by molar-refractivity contribution is -0.125. The van der Waals surface area contributed by atoms with Gasteiger partial charge in [-0.1, -0.05) is 36.4 Å². The van der Waals surface area contributed by atoms with Gasteiger partial charge in [0.25, 0.3) is 0 Å². The van der Waals surface area contributed by atoms with Crippen molar-refractivity contribution in [2.75, 3.05) is 13.1 Å². The van der Waals surface area contributed by atoms with Gasteiger partial charge in [0.2, 0.25) is 5.91 Å². The van der Waals surface area contributed by atoms with Crippen molar-refractivity contribution in [2.45, 2.75) is 20.3 Å². The van der Waals surface area contributed by atoms with Crippen molar-refractivity contribution in [3.8, 4) is 0 Å². The van der Waals surface area contributed by atoms with Gasteiger partial charge in [0.1, 0.15) is 0 Å². The number of hydrogen-bond acceptors (Lipinski definition) is 1. The Labute approximate surface area is 97.6 Å². The average Bonchev–Trinajstić information content (AvgIpc) is 2.31. The molecule has 0 fully saturated rings. The lowest BCUT2D eigenvalue weighted by atomic mass is 10.1. The summed E-state index contributed by atoms with van der Waals surface area (Å²) >= 11 is 0. The lowest BCUT2D eigenvalue weighted by Gasteiger charge is -2.18. The molecule has 0 aliphatic heterocycles. The Hall–Kier alpha value is -1.57. The molecule has 0 aliphatic carbocycles. The first-order chi connectivity index (χ1) is 7.77. The monoisotopic (exact) mass is 217 g/mol. The summed E-state index contributed by atoms with van der Waals surface area (Å²) in [5.74, 6) is 0.0981. The normalized spacial score (nSPS) is 10.6. The van der Waals surface area contributed by atoms with E-state index in [0.29, 0.717) is 0 Å². The van der Waals surface area contributed by atoms with Gasteiger partial charge in [-0.15, -0.1) is 0 Å². The van der Waals surface area contributed by atoms with Crippen LogP contribution in [0.25, 0.3) is 0 Å². The molecule has 0 saturated heterocycles. The van der Waals surface area contributed by atoms with Gasteiger partial charge in [0.05, 0.1) is 0 Å². The van der Waals surface area contributed by atoms with Gasteiger partial charge in [0.15, 0.2) is 0 Å². The number of rotatable bonds is 5. The number of likely N-dealkylation sites (N-methyl/N-ethyl adjacent to an activating group) is 1. The molecule has 0 spiro atoms. The molecule has 1 aromatic rings. The van der Waals surface area contributed by atoms with Crippen LogP contribution >= 0.6 is 0 Å². The molecule has 0 bridgehead atoms. The highest BCUT2D eigenvalue weighted by atomic mass is 16.2. The van der Waals surface area contributed by atoms with E-state index >= 15 is 0 Å². The van der Waals surface area contributed by atoms with Crippen LogP contribution in [0.1, 0.15) is 19.4 Å². The number of amides is 1. The molecule has 0 atom stereocenters. The van der Waals surface area contributed by atoms with Gasteiger partial charge in [-0.3, -0.25) is 4.79 Å². The average molecular weight is 217 g/mol.